The van der Waals surface area contributed by atoms with E-state index in [4.69, 9.17) is 4.52 Å². The second kappa shape index (κ2) is 8.26. The summed E-state index contributed by atoms with van der Waals surface area (Å²) in [6.45, 7) is 3.75. The highest BCUT2D eigenvalue weighted by Crippen LogP contribution is 2.22. The number of amides is 2. The van der Waals surface area contributed by atoms with Crippen LogP contribution in [0, 0.1) is 6.92 Å². The molecule has 3 aromatic carbocycles. The molecule has 0 bridgehead atoms. The number of hydrogen-bond acceptors (Lipinski definition) is 5. The van der Waals surface area contributed by atoms with Gasteiger partial charge in [0.25, 0.3) is 11.8 Å². The van der Waals surface area contributed by atoms with Gasteiger partial charge in [-0.2, -0.15) is 4.98 Å². The summed E-state index contributed by atoms with van der Waals surface area (Å²) < 4.78 is 5.01. The van der Waals surface area contributed by atoms with Gasteiger partial charge in [0.05, 0.1) is 0 Å². The summed E-state index contributed by atoms with van der Waals surface area (Å²) in [6.07, 6.45) is 0. The van der Waals surface area contributed by atoms with E-state index >= 15 is 0 Å². The second-order valence-electron chi connectivity index (χ2n) is 7.83. The average Bonchev–Trinajstić information content (AvgIpc) is 3.29. The number of rotatable bonds is 3. The van der Waals surface area contributed by atoms with Gasteiger partial charge in [-0.25, -0.2) is 0 Å². The predicted octanol–water partition coefficient (Wildman–Crippen LogP) is 3.80. The normalized spacial score (nSPS) is 14.0. The summed E-state index contributed by atoms with van der Waals surface area (Å²) in [5.74, 6) is 0.963. The second-order valence-corrected chi connectivity index (χ2v) is 7.83. The topological polar surface area (TPSA) is 79.5 Å². The molecule has 0 spiro atoms. The molecular formula is C25H22N4O3. The summed E-state index contributed by atoms with van der Waals surface area (Å²) >= 11 is 0. The molecule has 0 aliphatic carbocycles. The molecule has 2 amide bonds. The van der Waals surface area contributed by atoms with Gasteiger partial charge in [0.15, 0.2) is 0 Å². The van der Waals surface area contributed by atoms with Crippen LogP contribution >= 0.6 is 0 Å². The van der Waals surface area contributed by atoms with Crippen molar-refractivity contribution in [2.45, 2.75) is 6.92 Å². The highest BCUT2D eigenvalue weighted by molar-refractivity contribution is 6.07. The number of hydrogen-bond donors (Lipinski definition) is 0. The quantitative estimate of drug-likeness (QED) is 0.498. The van der Waals surface area contributed by atoms with Gasteiger partial charge in [-0.3, -0.25) is 9.59 Å². The van der Waals surface area contributed by atoms with Gasteiger partial charge in [-0.05, 0) is 29.0 Å². The minimum Gasteiger partial charge on any atom is -0.339 e. The Labute approximate surface area is 185 Å². The van der Waals surface area contributed by atoms with Crippen LogP contribution < -0.4 is 0 Å². The fraction of sp³-hybridized carbons (Fsp3) is 0.200. The Morgan fingerprint density at radius 3 is 2.16 bits per heavy atom. The van der Waals surface area contributed by atoms with Crippen molar-refractivity contribution in [3.63, 3.8) is 0 Å². The van der Waals surface area contributed by atoms with Gasteiger partial charge in [0.1, 0.15) is 0 Å². The lowest BCUT2D eigenvalue weighted by Gasteiger charge is -2.35. The first-order chi connectivity index (χ1) is 15.6. The van der Waals surface area contributed by atoms with E-state index in [0.717, 1.165) is 16.3 Å². The van der Waals surface area contributed by atoms with E-state index in [1.165, 1.54) is 0 Å². The first kappa shape index (κ1) is 19.9. The molecule has 1 saturated heterocycles. The lowest BCUT2D eigenvalue weighted by atomic mass is 10.0. The third kappa shape index (κ3) is 3.73. The van der Waals surface area contributed by atoms with Crippen molar-refractivity contribution >= 4 is 22.6 Å². The van der Waals surface area contributed by atoms with Crippen molar-refractivity contribution in [1.82, 2.24) is 19.9 Å². The van der Waals surface area contributed by atoms with Crippen molar-refractivity contribution in [1.29, 1.82) is 0 Å². The summed E-state index contributed by atoms with van der Waals surface area (Å²) in [6, 6.07) is 20.9. The van der Waals surface area contributed by atoms with E-state index < -0.39 is 0 Å². The minimum atomic E-state index is -0.0434. The zero-order valence-corrected chi connectivity index (χ0v) is 17.7. The first-order valence-corrected chi connectivity index (χ1v) is 10.6. The van der Waals surface area contributed by atoms with Crippen LogP contribution in [-0.2, 0) is 0 Å². The Morgan fingerprint density at radius 2 is 1.47 bits per heavy atom. The van der Waals surface area contributed by atoms with Gasteiger partial charge >= 0.3 is 0 Å². The monoisotopic (exact) mass is 426 g/mol. The van der Waals surface area contributed by atoms with Crippen molar-refractivity contribution in [3.05, 3.63) is 83.7 Å². The van der Waals surface area contributed by atoms with Gasteiger partial charge in [-0.1, -0.05) is 53.7 Å². The highest BCUT2D eigenvalue weighted by Gasteiger charge is 2.26. The highest BCUT2D eigenvalue weighted by atomic mass is 16.5. The van der Waals surface area contributed by atoms with E-state index in [0.29, 0.717) is 49.0 Å². The summed E-state index contributed by atoms with van der Waals surface area (Å²) in [4.78, 5) is 33.9. The molecule has 0 N–H and O–H groups in total. The lowest BCUT2D eigenvalue weighted by molar-refractivity contribution is 0.0536. The molecule has 0 radical (unpaired) electrons. The van der Waals surface area contributed by atoms with E-state index in [1.54, 1.807) is 24.0 Å². The zero-order chi connectivity index (χ0) is 22.1. The van der Waals surface area contributed by atoms with E-state index in [1.807, 2.05) is 59.5 Å². The molecule has 160 valence electrons. The van der Waals surface area contributed by atoms with Crippen LogP contribution in [0.15, 0.2) is 71.3 Å². The van der Waals surface area contributed by atoms with Crippen LogP contribution in [-0.4, -0.2) is 57.9 Å². The van der Waals surface area contributed by atoms with Crippen molar-refractivity contribution in [2.24, 2.45) is 0 Å². The number of nitrogens with zero attached hydrogens (tertiary/aromatic N) is 4. The van der Waals surface area contributed by atoms with Gasteiger partial charge in [0.2, 0.25) is 11.7 Å². The molecule has 0 atom stereocenters. The third-order valence-corrected chi connectivity index (χ3v) is 5.79. The molecule has 7 nitrogen and oxygen atoms in total. The zero-order valence-electron chi connectivity index (χ0n) is 17.7. The molecule has 0 saturated carbocycles. The van der Waals surface area contributed by atoms with Gasteiger partial charge in [-0.15, -0.1) is 0 Å². The molecule has 0 unspecified atom stereocenters. The molecule has 32 heavy (non-hydrogen) atoms. The lowest BCUT2D eigenvalue weighted by Crippen LogP contribution is -2.50. The Morgan fingerprint density at radius 1 is 0.812 bits per heavy atom. The van der Waals surface area contributed by atoms with Crippen molar-refractivity contribution in [3.8, 4) is 11.4 Å². The van der Waals surface area contributed by atoms with Gasteiger partial charge in [0, 0.05) is 49.8 Å². The molecule has 1 aromatic heterocycles. The smallest absolute Gasteiger partial charge is 0.254 e. The fourth-order valence-electron chi connectivity index (χ4n) is 4.06. The molecule has 7 heteroatoms. The number of fused-ring (bicyclic) bond motifs is 1. The molecule has 1 aliphatic heterocycles. The Kier molecular flexibility index (Phi) is 5.15. The first-order valence-electron chi connectivity index (χ1n) is 10.6. The van der Waals surface area contributed by atoms with E-state index in [9.17, 15) is 9.59 Å². The number of carbonyl (C=O) groups excluding carboxylic acids is 2. The van der Waals surface area contributed by atoms with Crippen molar-refractivity contribution < 1.29 is 14.1 Å². The molecule has 4 aromatic rings. The molecule has 1 aliphatic rings. The van der Waals surface area contributed by atoms with Crippen molar-refractivity contribution in [2.75, 3.05) is 26.2 Å². The van der Waals surface area contributed by atoms with E-state index in [-0.39, 0.29) is 11.8 Å². The molecular weight excluding hydrogens is 404 g/mol. The van der Waals surface area contributed by atoms with Gasteiger partial charge < -0.3 is 14.3 Å². The maximum atomic E-state index is 13.1. The van der Waals surface area contributed by atoms with Crippen LogP contribution in [0.5, 0.6) is 0 Å². The largest absolute Gasteiger partial charge is 0.339 e. The summed E-state index contributed by atoms with van der Waals surface area (Å²) in [7, 11) is 0. The van der Waals surface area contributed by atoms with Crippen LogP contribution in [0.2, 0.25) is 0 Å². The number of aromatic nitrogens is 2. The molecule has 5 rings (SSSR count). The number of carbonyl (C=O) groups is 2. The Hall–Kier alpha value is -4.00. The van der Waals surface area contributed by atoms with Crippen LogP contribution in [0.3, 0.4) is 0 Å². The third-order valence-electron chi connectivity index (χ3n) is 5.79. The minimum absolute atomic E-state index is 0.00802. The Balaban J connectivity index is 1.25. The standard InChI is InChI=1S/C25H22N4O3/c1-17-26-23(27-32-17)19-9-11-20(12-10-19)24(30)28-13-15-29(16-14-28)25(31)22-8-4-6-18-5-2-3-7-21(18)22/h2-12H,13-16H2,1H3. The van der Waals surface area contributed by atoms with Crippen LogP contribution in [0.4, 0.5) is 0 Å². The maximum Gasteiger partial charge on any atom is 0.254 e. The number of piperazine rings is 1. The molecule has 1 fully saturated rings. The summed E-state index contributed by atoms with van der Waals surface area (Å²) in [5, 5.41) is 5.90. The van der Waals surface area contributed by atoms with E-state index in [2.05, 4.69) is 10.1 Å². The average molecular weight is 426 g/mol. The fourth-order valence-corrected chi connectivity index (χ4v) is 4.06. The van der Waals surface area contributed by atoms with Crippen LogP contribution in [0.1, 0.15) is 26.6 Å². The van der Waals surface area contributed by atoms with Crippen LogP contribution in [0.25, 0.3) is 22.2 Å². The SMILES string of the molecule is Cc1nc(-c2ccc(C(=O)N3CCN(C(=O)c4cccc5ccccc45)CC3)cc2)no1. The number of benzene rings is 3. The number of aryl methyl sites for hydroxylation is 1. The molecule has 2 heterocycles. The predicted molar refractivity (Wildman–Crippen MR) is 120 cm³/mol. The maximum absolute atomic E-state index is 13.1. The summed E-state index contributed by atoms with van der Waals surface area (Å²) in [5.41, 5.74) is 2.10. The Bertz CT molecular complexity index is 1280.